The molecule has 0 bridgehead atoms. The molecule has 0 aliphatic carbocycles. The minimum atomic E-state index is -0.308. The van der Waals surface area contributed by atoms with Gasteiger partial charge in [-0.1, -0.05) is 47.5 Å². The number of aryl methyl sites for hydroxylation is 1. The number of amides is 1. The van der Waals surface area contributed by atoms with Gasteiger partial charge in [0.05, 0.1) is 16.3 Å². The van der Waals surface area contributed by atoms with Crippen molar-refractivity contribution in [2.75, 3.05) is 0 Å². The number of fused-ring (bicyclic) bond motifs is 1. The highest BCUT2D eigenvalue weighted by Crippen LogP contribution is 2.22. The largest absolute Gasteiger partial charge is 0.350 e. The molecule has 0 fully saturated rings. The SMILES string of the molecule is Cc1cccc2cc(C(=O)N/N=C/c3ccc(Cl)c(Cl)c3)[nH]c12. The fraction of sp³-hybridized carbons (Fsp3) is 0.0588. The highest BCUT2D eigenvalue weighted by atomic mass is 35.5. The summed E-state index contributed by atoms with van der Waals surface area (Å²) in [7, 11) is 0. The van der Waals surface area contributed by atoms with E-state index in [1.54, 1.807) is 24.3 Å². The summed E-state index contributed by atoms with van der Waals surface area (Å²) < 4.78 is 0. The fourth-order valence-corrected chi connectivity index (χ4v) is 2.55. The van der Waals surface area contributed by atoms with E-state index in [9.17, 15) is 4.79 Å². The zero-order chi connectivity index (χ0) is 16.4. The molecule has 1 heterocycles. The van der Waals surface area contributed by atoms with E-state index >= 15 is 0 Å². The lowest BCUT2D eigenvalue weighted by atomic mass is 10.2. The van der Waals surface area contributed by atoms with Crippen LogP contribution in [0.3, 0.4) is 0 Å². The highest BCUT2D eigenvalue weighted by Gasteiger charge is 2.09. The van der Waals surface area contributed by atoms with Gasteiger partial charge in [0.25, 0.3) is 5.91 Å². The number of carbonyl (C=O) groups is 1. The van der Waals surface area contributed by atoms with Crippen LogP contribution >= 0.6 is 23.2 Å². The van der Waals surface area contributed by atoms with Gasteiger partial charge in [0.1, 0.15) is 5.69 Å². The molecule has 4 nitrogen and oxygen atoms in total. The van der Waals surface area contributed by atoms with Gasteiger partial charge in [0.2, 0.25) is 0 Å². The van der Waals surface area contributed by atoms with Crippen LogP contribution in [0, 0.1) is 6.92 Å². The Morgan fingerprint density at radius 1 is 1.17 bits per heavy atom. The van der Waals surface area contributed by atoms with Crippen LogP contribution in [0.5, 0.6) is 0 Å². The molecule has 116 valence electrons. The van der Waals surface area contributed by atoms with Crippen LogP contribution < -0.4 is 5.43 Å². The molecule has 3 aromatic rings. The predicted octanol–water partition coefficient (Wildman–Crippen LogP) is 4.55. The minimum absolute atomic E-state index is 0.308. The first-order valence-corrected chi connectivity index (χ1v) is 7.67. The van der Waals surface area contributed by atoms with E-state index in [0.29, 0.717) is 15.7 Å². The lowest BCUT2D eigenvalue weighted by Crippen LogP contribution is -2.17. The van der Waals surface area contributed by atoms with E-state index in [0.717, 1.165) is 22.0 Å². The molecule has 0 saturated carbocycles. The Bertz CT molecular complexity index is 915. The number of para-hydroxylation sites is 1. The second kappa shape index (κ2) is 6.44. The number of H-pyrrole nitrogens is 1. The first-order chi connectivity index (χ1) is 11.0. The van der Waals surface area contributed by atoms with Crippen LogP contribution in [0.1, 0.15) is 21.6 Å². The summed E-state index contributed by atoms with van der Waals surface area (Å²) in [5.74, 6) is -0.308. The van der Waals surface area contributed by atoms with E-state index < -0.39 is 0 Å². The zero-order valence-electron chi connectivity index (χ0n) is 12.2. The third-order valence-corrected chi connectivity index (χ3v) is 4.17. The summed E-state index contributed by atoms with van der Waals surface area (Å²) in [5, 5.41) is 5.84. The van der Waals surface area contributed by atoms with Gasteiger partial charge in [0, 0.05) is 10.9 Å². The monoisotopic (exact) mass is 345 g/mol. The molecule has 0 atom stereocenters. The maximum atomic E-state index is 12.1. The Morgan fingerprint density at radius 2 is 2.00 bits per heavy atom. The lowest BCUT2D eigenvalue weighted by molar-refractivity contribution is 0.0951. The van der Waals surface area contributed by atoms with Crippen molar-refractivity contribution in [3.8, 4) is 0 Å². The van der Waals surface area contributed by atoms with Crippen molar-refractivity contribution in [1.29, 1.82) is 0 Å². The van der Waals surface area contributed by atoms with Crippen molar-refractivity contribution < 1.29 is 4.79 Å². The van der Waals surface area contributed by atoms with Gasteiger partial charge in [-0.2, -0.15) is 5.10 Å². The number of benzene rings is 2. The number of aromatic nitrogens is 1. The normalized spacial score (nSPS) is 11.3. The molecule has 2 N–H and O–H groups in total. The Labute approximate surface area is 143 Å². The number of hydrogen-bond acceptors (Lipinski definition) is 2. The van der Waals surface area contributed by atoms with Crippen LogP contribution in [0.25, 0.3) is 10.9 Å². The van der Waals surface area contributed by atoms with E-state index in [-0.39, 0.29) is 5.91 Å². The Morgan fingerprint density at radius 3 is 2.74 bits per heavy atom. The smallest absolute Gasteiger partial charge is 0.287 e. The number of carbonyl (C=O) groups excluding carboxylic acids is 1. The van der Waals surface area contributed by atoms with Crippen LogP contribution in [0.4, 0.5) is 0 Å². The first kappa shape index (κ1) is 15.6. The maximum Gasteiger partial charge on any atom is 0.287 e. The number of halogens is 2. The van der Waals surface area contributed by atoms with Crippen molar-refractivity contribution in [1.82, 2.24) is 10.4 Å². The van der Waals surface area contributed by atoms with E-state index in [1.807, 2.05) is 25.1 Å². The summed E-state index contributed by atoms with van der Waals surface area (Å²) in [6, 6.07) is 12.8. The second-order valence-electron chi connectivity index (χ2n) is 5.09. The lowest BCUT2D eigenvalue weighted by Gasteiger charge is -1.98. The van der Waals surface area contributed by atoms with Gasteiger partial charge in [-0.3, -0.25) is 4.79 Å². The van der Waals surface area contributed by atoms with Gasteiger partial charge >= 0.3 is 0 Å². The first-order valence-electron chi connectivity index (χ1n) is 6.91. The zero-order valence-corrected chi connectivity index (χ0v) is 13.7. The Kier molecular flexibility index (Phi) is 4.37. The molecule has 0 aliphatic rings. The number of hydrazone groups is 1. The molecule has 0 radical (unpaired) electrons. The van der Waals surface area contributed by atoms with Gasteiger partial charge in [-0.05, 0) is 36.2 Å². The van der Waals surface area contributed by atoms with E-state index in [1.165, 1.54) is 6.21 Å². The molecule has 6 heteroatoms. The summed E-state index contributed by atoms with van der Waals surface area (Å²) in [6.07, 6.45) is 1.51. The van der Waals surface area contributed by atoms with Crippen molar-refractivity contribution in [3.05, 3.63) is 69.3 Å². The Balaban J connectivity index is 1.74. The fourth-order valence-electron chi connectivity index (χ4n) is 2.25. The van der Waals surface area contributed by atoms with E-state index in [2.05, 4.69) is 15.5 Å². The number of aromatic amines is 1. The molecule has 0 aliphatic heterocycles. The number of rotatable bonds is 3. The van der Waals surface area contributed by atoms with Crippen molar-refractivity contribution in [2.24, 2.45) is 5.10 Å². The second-order valence-corrected chi connectivity index (χ2v) is 5.91. The molecule has 23 heavy (non-hydrogen) atoms. The topological polar surface area (TPSA) is 57.2 Å². The van der Waals surface area contributed by atoms with Gasteiger partial charge in [-0.25, -0.2) is 5.43 Å². The summed E-state index contributed by atoms with van der Waals surface area (Å²) in [4.78, 5) is 15.2. The third kappa shape index (κ3) is 3.38. The molecule has 2 aromatic carbocycles. The molecule has 1 amide bonds. The van der Waals surface area contributed by atoms with Gasteiger partial charge in [0.15, 0.2) is 0 Å². The van der Waals surface area contributed by atoms with Gasteiger partial charge < -0.3 is 4.98 Å². The third-order valence-electron chi connectivity index (χ3n) is 3.43. The molecule has 1 aromatic heterocycles. The van der Waals surface area contributed by atoms with Crippen LogP contribution in [0.2, 0.25) is 10.0 Å². The van der Waals surface area contributed by atoms with Crippen molar-refractivity contribution in [3.63, 3.8) is 0 Å². The molecule has 0 saturated heterocycles. The summed E-state index contributed by atoms with van der Waals surface area (Å²) >= 11 is 11.8. The molecular formula is C17H13Cl2N3O. The molecule has 0 spiro atoms. The predicted molar refractivity (Wildman–Crippen MR) is 94.6 cm³/mol. The minimum Gasteiger partial charge on any atom is -0.350 e. The van der Waals surface area contributed by atoms with Crippen LogP contribution in [-0.4, -0.2) is 17.1 Å². The van der Waals surface area contributed by atoms with Gasteiger partial charge in [-0.15, -0.1) is 0 Å². The van der Waals surface area contributed by atoms with Crippen LogP contribution in [0.15, 0.2) is 47.6 Å². The average Bonchev–Trinajstić information content (AvgIpc) is 2.96. The highest BCUT2D eigenvalue weighted by molar-refractivity contribution is 6.42. The van der Waals surface area contributed by atoms with Crippen molar-refractivity contribution in [2.45, 2.75) is 6.92 Å². The number of hydrogen-bond donors (Lipinski definition) is 2. The summed E-state index contributed by atoms with van der Waals surface area (Å²) in [6.45, 7) is 1.99. The van der Waals surface area contributed by atoms with E-state index in [4.69, 9.17) is 23.2 Å². The summed E-state index contributed by atoms with van der Waals surface area (Å²) in [5.41, 5.74) is 5.72. The quantitative estimate of drug-likeness (QED) is 0.531. The average molecular weight is 346 g/mol. The Hall–Kier alpha value is -2.30. The standard InChI is InChI=1S/C17H13Cl2N3O/c1-10-3-2-4-12-8-15(21-16(10)12)17(23)22-20-9-11-5-6-13(18)14(19)7-11/h2-9,21H,1H3,(H,22,23)/b20-9+. The van der Waals surface area contributed by atoms with Crippen LogP contribution in [-0.2, 0) is 0 Å². The number of nitrogens with one attached hydrogen (secondary N) is 2. The molecular weight excluding hydrogens is 333 g/mol. The number of nitrogens with zero attached hydrogens (tertiary/aromatic N) is 1. The maximum absolute atomic E-state index is 12.1. The van der Waals surface area contributed by atoms with Crippen molar-refractivity contribution >= 4 is 46.2 Å². The molecule has 0 unspecified atom stereocenters. The molecule has 3 rings (SSSR count).